The van der Waals surface area contributed by atoms with Crippen molar-refractivity contribution in [3.8, 4) is 5.75 Å². The van der Waals surface area contributed by atoms with Crippen LogP contribution in [0.2, 0.25) is 15.1 Å². The molecule has 2 rings (SSSR count). The third-order valence-electron chi connectivity index (χ3n) is 3.26. The van der Waals surface area contributed by atoms with Crippen molar-refractivity contribution < 1.29 is 4.74 Å². The second-order valence-electron chi connectivity index (χ2n) is 5.32. The van der Waals surface area contributed by atoms with Gasteiger partial charge in [0, 0.05) is 0 Å². The van der Waals surface area contributed by atoms with E-state index in [0.29, 0.717) is 21.6 Å². The van der Waals surface area contributed by atoms with E-state index in [4.69, 9.17) is 39.5 Å². The SMILES string of the molecule is Cc1ccc(C)c(OC(C)CNc2cc(Cl)c(Cl)cc2Cl)c1. The van der Waals surface area contributed by atoms with Gasteiger partial charge in [-0.1, -0.05) is 46.9 Å². The molecule has 0 radical (unpaired) electrons. The number of halogens is 3. The van der Waals surface area contributed by atoms with Crippen LogP contribution in [0.3, 0.4) is 0 Å². The lowest BCUT2D eigenvalue weighted by molar-refractivity contribution is 0.233. The summed E-state index contributed by atoms with van der Waals surface area (Å²) in [6, 6.07) is 9.51. The third kappa shape index (κ3) is 4.45. The molecule has 0 aliphatic rings. The molecule has 1 N–H and O–H groups in total. The van der Waals surface area contributed by atoms with E-state index < -0.39 is 0 Å². The Labute approximate surface area is 146 Å². The number of hydrogen-bond acceptors (Lipinski definition) is 2. The van der Waals surface area contributed by atoms with Gasteiger partial charge in [-0.3, -0.25) is 0 Å². The molecular formula is C17H18Cl3NO. The Bertz CT molecular complexity index is 673. The number of benzene rings is 2. The molecule has 1 atom stereocenters. The average molecular weight is 359 g/mol. The fourth-order valence-electron chi connectivity index (χ4n) is 2.00. The highest BCUT2D eigenvalue weighted by Gasteiger charge is 2.10. The van der Waals surface area contributed by atoms with Crippen LogP contribution in [-0.4, -0.2) is 12.6 Å². The van der Waals surface area contributed by atoms with Crippen molar-refractivity contribution >= 4 is 40.5 Å². The van der Waals surface area contributed by atoms with Crippen molar-refractivity contribution in [2.75, 3.05) is 11.9 Å². The van der Waals surface area contributed by atoms with Crippen molar-refractivity contribution in [2.24, 2.45) is 0 Å². The summed E-state index contributed by atoms with van der Waals surface area (Å²) in [7, 11) is 0. The molecule has 0 fully saturated rings. The molecular weight excluding hydrogens is 341 g/mol. The molecule has 0 spiro atoms. The van der Waals surface area contributed by atoms with Crippen molar-refractivity contribution in [2.45, 2.75) is 26.9 Å². The minimum atomic E-state index is -0.0222. The zero-order valence-corrected chi connectivity index (χ0v) is 15.0. The monoisotopic (exact) mass is 357 g/mol. The third-order valence-corrected chi connectivity index (χ3v) is 4.30. The summed E-state index contributed by atoms with van der Waals surface area (Å²) in [6.45, 7) is 6.68. The van der Waals surface area contributed by atoms with Gasteiger partial charge in [-0.15, -0.1) is 0 Å². The Hall–Kier alpha value is -1.09. The second kappa shape index (κ2) is 7.45. The summed E-state index contributed by atoms with van der Waals surface area (Å²) in [5.74, 6) is 0.898. The summed E-state index contributed by atoms with van der Waals surface area (Å²) in [5, 5.41) is 4.68. The maximum atomic E-state index is 6.14. The van der Waals surface area contributed by atoms with Gasteiger partial charge in [-0.25, -0.2) is 0 Å². The molecule has 2 aromatic carbocycles. The van der Waals surface area contributed by atoms with Crippen LogP contribution in [0.25, 0.3) is 0 Å². The second-order valence-corrected chi connectivity index (χ2v) is 6.55. The fourth-order valence-corrected chi connectivity index (χ4v) is 2.62. The van der Waals surface area contributed by atoms with Crippen molar-refractivity contribution in [3.05, 3.63) is 56.5 Å². The van der Waals surface area contributed by atoms with E-state index in [1.165, 1.54) is 5.56 Å². The Morgan fingerprint density at radius 1 is 1.00 bits per heavy atom. The predicted molar refractivity (Wildman–Crippen MR) is 96.0 cm³/mol. The van der Waals surface area contributed by atoms with E-state index >= 15 is 0 Å². The van der Waals surface area contributed by atoms with E-state index in [0.717, 1.165) is 17.0 Å². The Morgan fingerprint density at radius 3 is 2.41 bits per heavy atom. The molecule has 0 bridgehead atoms. The number of nitrogens with one attached hydrogen (secondary N) is 1. The highest BCUT2D eigenvalue weighted by molar-refractivity contribution is 6.44. The number of aryl methyl sites for hydroxylation is 2. The summed E-state index contributed by atoms with van der Waals surface area (Å²) in [5.41, 5.74) is 3.03. The zero-order chi connectivity index (χ0) is 16.3. The first-order valence-electron chi connectivity index (χ1n) is 6.99. The van der Waals surface area contributed by atoms with Gasteiger partial charge in [0.25, 0.3) is 0 Å². The summed E-state index contributed by atoms with van der Waals surface area (Å²) < 4.78 is 5.98. The van der Waals surface area contributed by atoms with Crippen LogP contribution >= 0.6 is 34.8 Å². The van der Waals surface area contributed by atoms with E-state index in [9.17, 15) is 0 Å². The molecule has 5 heteroatoms. The molecule has 0 amide bonds. The lowest BCUT2D eigenvalue weighted by Gasteiger charge is -2.18. The summed E-state index contributed by atoms with van der Waals surface area (Å²) in [4.78, 5) is 0. The lowest BCUT2D eigenvalue weighted by Crippen LogP contribution is -2.23. The molecule has 0 heterocycles. The smallest absolute Gasteiger partial charge is 0.122 e. The number of ether oxygens (including phenoxy) is 1. The molecule has 118 valence electrons. The van der Waals surface area contributed by atoms with Gasteiger partial charge in [-0.2, -0.15) is 0 Å². The minimum Gasteiger partial charge on any atom is -0.489 e. The standard InChI is InChI=1S/C17H18Cl3NO/c1-10-4-5-11(2)17(6-10)22-12(3)9-21-16-8-14(19)13(18)7-15(16)20/h4-8,12,21H,9H2,1-3H3. The van der Waals surface area contributed by atoms with Gasteiger partial charge in [0.05, 0.1) is 27.3 Å². The molecule has 0 saturated carbocycles. The minimum absolute atomic E-state index is 0.0222. The first-order chi connectivity index (χ1) is 10.4. The molecule has 1 unspecified atom stereocenters. The zero-order valence-electron chi connectivity index (χ0n) is 12.7. The van der Waals surface area contributed by atoms with Gasteiger partial charge < -0.3 is 10.1 Å². The van der Waals surface area contributed by atoms with Crippen molar-refractivity contribution in [1.82, 2.24) is 0 Å². The largest absolute Gasteiger partial charge is 0.489 e. The van der Waals surface area contributed by atoms with Crippen LogP contribution in [0, 0.1) is 13.8 Å². The maximum absolute atomic E-state index is 6.14. The van der Waals surface area contributed by atoms with Crippen LogP contribution in [0.15, 0.2) is 30.3 Å². The topological polar surface area (TPSA) is 21.3 Å². The van der Waals surface area contributed by atoms with Crippen LogP contribution in [0.4, 0.5) is 5.69 Å². The van der Waals surface area contributed by atoms with Gasteiger partial charge in [0.1, 0.15) is 11.9 Å². The Kier molecular flexibility index (Phi) is 5.85. The first-order valence-corrected chi connectivity index (χ1v) is 8.12. The van der Waals surface area contributed by atoms with Gasteiger partial charge in [-0.05, 0) is 50.1 Å². The molecule has 22 heavy (non-hydrogen) atoms. The van der Waals surface area contributed by atoms with Crippen molar-refractivity contribution in [3.63, 3.8) is 0 Å². The Balaban J connectivity index is 2.00. The predicted octanol–water partition coefficient (Wildman–Crippen LogP) is 6.14. The van der Waals surface area contributed by atoms with Crippen LogP contribution < -0.4 is 10.1 Å². The molecule has 0 saturated heterocycles. The van der Waals surface area contributed by atoms with Gasteiger partial charge in [0.2, 0.25) is 0 Å². The van der Waals surface area contributed by atoms with Crippen molar-refractivity contribution in [1.29, 1.82) is 0 Å². The molecule has 0 aliphatic carbocycles. The molecule has 0 aliphatic heterocycles. The summed E-state index contributed by atoms with van der Waals surface area (Å²) >= 11 is 18.1. The van der Waals surface area contributed by atoms with Crippen LogP contribution in [-0.2, 0) is 0 Å². The Morgan fingerprint density at radius 2 is 1.68 bits per heavy atom. The number of rotatable bonds is 5. The van der Waals surface area contributed by atoms with E-state index in [1.807, 2.05) is 26.8 Å². The fraction of sp³-hybridized carbons (Fsp3) is 0.294. The van der Waals surface area contributed by atoms with Crippen LogP contribution in [0.1, 0.15) is 18.1 Å². The normalized spacial score (nSPS) is 12.1. The molecule has 2 nitrogen and oxygen atoms in total. The maximum Gasteiger partial charge on any atom is 0.122 e. The molecule has 0 aromatic heterocycles. The van der Waals surface area contributed by atoms with Gasteiger partial charge in [0.15, 0.2) is 0 Å². The van der Waals surface area contributed by atoms with E-state index in [2.05, 4.69) is 17.4 Å². The highest BCUT2D eigenvalue weighted by atomic mass is 35.5. The number of anilines is 1. The van der Waals surface area contributed by atoms with Crippen LogP contribution in [0.5, 0.6) is 5.75 Å². The lowest BCUT2D eigenvalue weighted by atomic mass is 10.1. The quantitative estimate of drug-likeness (QED) is 0.648. The number of hydrogen-bond donors (Lipinski definition) is 1. The molecule has 2 aromatic rings. The summed E-state index contributed by atoms with van der Waals surface area (Å²) in [6.07, 6.45) is -0.0222. The first kappa shape index (κ1) is 17.3. The average Bonchev–Trinajstić information content (AvgIpc) is 2.45. The highest BCUT2D eigenvalue weighted by Crippen LogP contribution is 2.32. The van der Waals surface area contributed by atoms with Gasteiger partial charge >= 0.3 is 0 Å². The van der Waals surface area contributed by atoms with E-state index in [-0.39, 0.29) is 6.10 Å². The van der Waals surface area contributed by atoms with E-state index in [1.54, 1.807) is 12.1 Å².